The summed E-state index contributed by atoms with van der Waals surface area (Å²) < 4.78 is 47.1. The molecule has 0 aliphatic carbocycles. The minimum Gasteiger partial charge on any atom is -0.361 e. The summed E-state index contributed by atoms with van der Waals surface area (Å²) in [6.07, 6.45) is -2.69. The predicted octanol–water partition coefficient (Wildman–Crippen LogP) is 5.00. The number of amides is 2. The summed E-state index contributed by atoms with van der Waals surface area (Å²) in [7, 11) is 0. The highest BCUT2D eigenvalue weighted by Crippen LogP contribution is 2.34. The first kappa shape index (κ1) is 22.8. The number of halogens is 3. The maximum atomic E-state index is 13.9. The fraction of sp³-hybridized carbons (Fsp3) is 0.130. The Kier molecular flexibility index (Phi) is 5.93. The van der Waals surface area contributed by atoms with Crippen molar-refractivity contribution in [2.45, 2.75) is 20.0 Å². The van der Waals surface area contributed by atoms with Gasteiger partial charge in [0.05, 0.1) is 23.6 Å². The zero-order chi connectivity index (χ0) is 24.5. The third-order valence-corrected chi connectivity index (χ3v) is 5.02. The lowest BCUT2D eigenvalue weighted by Gasteiger charge is -2.14. The van der Waals surface area contributed by atoms with Gasteiger partial charge in [-0.2, -0.15) is 18.3 Å². The topological polar surface area (TPSA) is 102 Å². The molecule has 2 N–H and O–H groups in total. The van der Waals surface area contributed by atoms with Crippen LogP contribution >= 0.6 is 0 Å². The van der Waals surface area contributed by atoms with Gasteiger partial charge >= 0.3 is 6.18 Å². The number of hydrogen-bond donors (Lipinski definition) is 2. The van der Waals surface area contributed by atoms with Gasteiger partial charge in [0, 0.05) is 11.4 Å². The molecule has 2 aromatic carbocycles. The number of hydrogen-bond acceptors (Lipinski definition) is 5. The molecular formula is C23H18F3N5O3. The van der Waals surface area contributed by atoms with Crippen molar-refractivity contribution in [2.24, 2.45) is 0 Å². The standard InChI is InChI=1S/C23H18F3N5O3/c1-13-8-9-15(10-19(13)30-21(32)17-12-28-34-14(17)2)29-22(33)18-11-27-31(20(18)23(24,25)26)16-6-4-3-5-7-16/h3-12H,1-2H3,(H,29,33)(H,30,32). The van der Waals surface area contributed by atoms with Crippen LogP contribution in [-0.4, -0.2) is 26.8 Å². The molecule has 0 spiro atoms. The summed E-state index contributed by atoms with van der Waals surface area (Å²) in [6.45, 7) is 3.31. The maximum Gasteiger partial charge on any atom is 0.434 e. The van der Waals surface area contributed by atoms with E-state index in [1.807, 2.05) is 0 Å². The molecule has 11 heteroatoms. The Morgan fingerprint density at radius 3 is 2.29 bits per heavy atom. The van der Waals surface area contributed by atoms with Gasteiger partial charge < -0.3 is 15.2 Å². The number of aryl methyl sites for hydroxylation is 2. The van der Waals surface area contributed by atoms with E-state index in [2.05, 4.69) is 20.9 Å². The summed E-state index contributed by atoms with van der Waals surface area (Å²) in [4.78, 5) is 25.3. The SMILES string of the molecule is Cc1ccc(NC(=O)c2cnn(-c3ccccc3)c2C(F)(F)F)cc1NC(=O)c1cnoc1C. The molecule has 0 radical (unpaired) electrons. The first-order valence-corrected chi connectivity index (χ1v) is 10.0. The van der Waals surface area contributed by atoms with Crippen molar-refractivity contribution < 1.29 is 27.3 Å². The second kappa shape index (κ2) is 8.85. The number of carbonyl (C=O) groups excluding carboxylic acids is 2. The minimum absolute atomic E-state index is 0.165. The Balaban J connectivity index is 1.61. The molecule has 0 aliphatic heterocycles. The molecule has 0 atom stereocenters. The number of rotatable bonds is 5. The molecule has 0 saturated carbocycles. The first-order valence-electron chi connectivity index (χ1n) is 10.0. The highest BCUT2D eigenvalue weighted by atomic mass is 19.4. The zero-order valence-electron chi connectivity index (χ0n) is 18.0. The molecule has 2 heterocycles. The van der Waals surface area contributed by atoms with Crippen molar-refractivity contribution >= 4 is 23.2 Å². The Morgan fingerprint density at radius 1 is 0.941 bits per heavy atom. The summed E-state index contributed by atoms with van der Waals surface area (Å²) >= 11 is 0. The van der Waals surface area contributed by atoms with Gasteiger partial charge in [-0.3, -0.25) is 9.59 Å². The summed E-state index contributed by atoms with van der Waals surface area (Å²) in [5, 5.41) is 12.5. The van der Waals surface area contributed by atoms with E-state index >= 15 is 0 Å². The second-order valence-corrected chi connectivity index (χ2v) is 7.39. The smallest absolute Gasteiger partial charge is 0.361 e. The van der Waals surface area contributed by atoms with E-state index < -0.39 is 29.2 Å². The molecule has 0 saturated heterocycles. The summed E-state index contributed by atoms with van der Waals surface area (Å²) in [6, 6.07) is 12.3. The quantitative estimate of drug-likeness (QED) is 0.428. The number of carbonyl (C=O) groups is 2. The number of nitrogens with one attached hydrogen (secondary N) is 2. The number of anilines is 2. The molecule has 0 fully saturated rings. The Labute approximate surface area is 191 Å². The van der Waals surface area contributed by atoms with Crippen LogP contribution in [0, 0.1) is 13.8 Å². The van der Waals surface area contributed by atoms with Gasteiger partial charge in [0.1, 0.15) is 11.3 Å². The number of aromatic nitrogens is 3. The van der Waals surface area contributed by atoms with Gasteiger partial charge in [-0.25, -0.2) is 4.68 Å². The average Bonchev–Trinajstić information content (AvgIpc) is 3.43. The van der Waals surface area contributed by atoms with Gasteiger partial charge in [0.25, 0.3) is 11.8 Å². The van der Waals surface area contributed by atoms with E-state index in [4.69, 9.17) is 4.52 Å². The maximum absolute atomic E-state index is 13.9. The molecule has 0 unspecified atom stereocenters. The van der Waals surface area contributed by atoms with Crippen molar-refractivity contribution in [3.05, 3.63) is 89.1 Å². The van der Waals surface area contributed by atoms with Gasteiger partial charge in [-0.1, -0.05) is 29.4 Å². The lowest BCUT2D eigenvalue weighted by Crippen LogP contribution is -2.21. The largest absolute Gasteiger partial charge is 0.434 e. The van der Waals surface area contributed by atoms with Gasteiger partial charge in [0.2, 0.25) is 0 Å². The van der Waals surface area contributed by atoms with E-state index in [1.165, 1.54) is 30.5 Å². The van der Waals surface area contributed by atoms with Crippen LogP contribution in [0.2, 0.25) is 0 Å². The van der Waals surface area contributed by atoms with Gasteiger partial charge in [-0.15, -0.1) is 0 Å². The van der Waals surface area contributed by atoms with E-state index in [-0.39, 0.29) is 16.9 Å². The molecule has 0 aliphatic rings. The Hall–Kier alpha value is -4.41. The van der Waals surface area contributed by atoms with E-state index in [0.717, 1.165) is 6.20 Å². The summed E-state index contributed by atoms with van der Waals surface area (Å²) in [5.41, 5.74) is -0.209. The highest BCUT2D eigenvalue weighted by Gasteiger charge is 2.40. The fourth-order valence-electron chi connectivity index (χ4n) is 3.29. The highest BCUT2D eigenvalue weighted by molar-refractivity contribution is 6.07. The van der Waals surface area contributed by atoms with Crippen LogP contribution in [0.25, 0.3) is 5.69 Å². The molecule has 0 bridgehead atoms. The lowest BCUT2D eigenvalue weighted by molar-refractivity contribution is -0.143. The zero-order valence-corrected chi connectivity index (χ0v) is 18.0. The van der Waals surface area contributed by atoms with Crippen molar-refractivity contribution in [2.75, 3.05) is 10.6 Å². The van der Waals surface area contributed by atoms with Gasteiger partial charge in [-0.05, 0) is 43.7 Å². The van der Waals surface area contributed by atoms with Crippen LogP contribution in [0.5, 0.6) is 0 Å². The molecule has 2 amide bonds. The Morgan fingerprint density at radius 2 is 1.65 bits per heavy atom. The third kappa shape index (κ3) is 4.53. The lowest BCUT2D eigenvalue weighted by atomic mass is 10.1. The van der Waals surface area contributed by atoms with Crippen molar-refractivity contribution in [1.82, 2.24) is 14.9 Å². The summed E-state index contributed by atoms with van der Waals surface area (Å²) in [5.74, 6) is -1.14. The van der Waals surface area contributed by atoms with E-state index in [9.17, 15) is 22.8 Å². The van der Waals surface area contributed by atoms with Crippen LogP contribution in [0.15, 0.2) is 65.4 Å². The van der Waals surface area contributed by atoms with E-state index in [0.29, 0.717) is 21.7 Å². The van der Waals surface area contributed by atoms with Crippen LogP contribution in [0.1, 0.15) is 37.7 Å². The number of alkyl halides is 3. The van der Waals surface area contributed by atoms with Crippen LogP contribution < -0.4 is 10.6 Å². The van der Waals surface area contributed by atoms with Crippen molar-refractivity contribution in [3.63, 3.8) is 0 Å². The molecule has 34 heavy (non-hydrogen) atoms. The predicted molar refractivity (Wildman–Crippen MR) is 117 cm³/mol. The molecule has 4 rings (SSSR count). The van der Waals surface area contributed by atoms with Gasteiger partial charge in [0.15, 0.2) is 5.69 Å². The number of benzene rings is 2. The Bertz CT molecular complexity index is 1360. The fourth-order valence-corrected chi connectivity index (χ4v) is 3.29. The molecule has 2 aromatic heterocycles. The third-order valence-electron chi connectivity index (χ3n) is 5.02. The van der Waals surface area contributed by atoms with Crippen molar-refractivity contribution in [1.29, 1.82) is 0 Å². The average molecular weight is 469 g/mol. The molecule has 174 valence electrons. The van der Waals surface area contributed by atoms with E-state index in [1.54, 1.807) is 38.1 Å². The number of para-hydroxylation sites is 1. The normalized spacial score (nSPS) is 11.3. The molecule has 8 nitrogen and oxygen atoms in total. The monoisotopic (exact) mass is 469 g/mol. The first-order chi connectivity index (χ1) is 16.1. The molecule has 4 aromatic rings. The molecular weight excluding hydrogens is 451 g/mol. The van der Waals surface area contributed by atoms with Crippen LogP contribution in [-0.2, 0) is 6.18 Å². The van der Waals surface area contributed by atoms with Crippen molar-refractivity contribution in [3.8, 4) is 5.69 Å². The second-order valence-electron chi connectivity index (χ2n) is 7.39. The van der Waals surface area contributed by atoms with Crippen LogP contribution in [0.3, 0.4) is 0 Å². The minimum atomic E-state index is -4.83. The number of nitrogens with zero attached hydrogens (tertiary/aromatic N) is 3. The van der Waals surface area contributed by atoms with Crippen LogP contribution in [0.4, 0.5) is 24.5 Å².